The van der Waals surface area contributed by atoms with Gasteiger partial charge in [-0.1, -0.05) is 5.16 Å². The number of nitrogens with one attached hydrogen (secondary N) is 2. The molecule has 0 bridgehead atoms. The minimum atomic E-state index is -0.289. The smallest absolute Gasteiger partial charge is 0.257 e. The number of amidine groups is 1. The van der Waals surface area contributed by atoms with Gasteiger partial charge in [0.1, 0.15) is 5.82 Å². The van der Waals surface area contributed by atoms with Gasteiger partial charge in [-0.25, -0.2) is 0 Å². The summed E-state index contributed by atoms with van der Waals surface area (Å²) < 4.78 is 0. The molecule has 2 rings (SSSR count). The predicted molar refractivity (Wildman–Crippen MR) is 63.4 cm³/mol. The number of amides is 1. The first-order chi connectivity index (χ1) is 8.22. The fourth-order valence-corrected chi connectivity index (χ4v) is 1.84. The number of anilines is 1. The van der Waals surface area contributed by atoms with E-state index in [1.54, 1.807) is 16.8 Å². The van der Waals surface area contributed by atoms with Crippen LogP contribution in [0.4, 0.5) is 5.82 Å². The van der Waals surface area contributed by atoms with E-state index >= 15 is 0 Å². The zero-order valence-electron chi connectivity index (χ0n) is 8.54. The number of hydrogen-bond acceptors (Lipinski definition) is 5. The van der Waals surface area contributed by atoms with Crippen molar-refractivity contribution in [3.63, 3.8) is 0 Å². The number of nitrogens with zero attached hydrogens (tertiary/aromatic N) is 2. The molecule has 5 N–H and O–H groups in total. The Kier molecular flexibility index (Phi) is 3.06. The zero-order chi connectivity index (χ0) is 12.3. The Morgan fingerprint density at radius 1 is 1.65 bits per heavy atom. The second-order valence-electron chi connectivity index (χ2n) is 3.11. The minimum absolute atomic E-state index is 0.126. The summed E-state index contributed by atoms with van der Waals surface area (Å²) in [6.45, 7) is 0. The normalized spacial score (nSPS) is 11.4. The molecular weight excluding hydrogens is 242 g/mol. The highest BCUT2D eigenvalue weighted by Gasteiger charge is 2.13. The first-order valence-electron chi connectivity index (χ1n) is 4.57. The van der Waals surface area contributed by atoms with E-state index in [9.17, 15) is 4.79 Å². The van der Waals surface area contributed by atoms with Crippen LogP contribution in [0.5, 0.6) is 0 Å². The van der Waals surface area contributed by atoms with Gasteiger partial charge in [0.25, 0.3) is 5.91 Å². The van der Waals surface area contributed by atoms with E-state index < -0.39 is 0 Å². The molecule has 2 aromatic rings. The average Bonchev–Trinajstić information content (AvgIpc) is 2.98. The molecule has 88 valence electrons. The maximum atomic E-state index is 11.7. The number of rotatable bonds is 3. The van der Waals surface area contributed by atoms with Gasteiger partial charge in [0.2, 0.25) is 0 Å². The number of carbonyl (C=O) groups is 1. The lowest BCUT2D eigenvalue weighted by molar-refractivity contribution is 0.102. The van der Waals surface area contributed by atoms with Gasteiger partial charge >= 0.3 is 0 Å². The van der Waals surface area contributed by atoms with Gasteiger partial charge in [0.05, 0.1) is 17.3 Å². The lowest BCUT2D eigenvalue weighted by Gasteiger charge is -2.03. The van der Waals surface area contributed by atoms with Crippen molar-refractivity contribution in [1.82, 2.24) is 10.2 Å². The third kappa shape index (κ3) is 2.26. The van der Waals surface area contributed by atoms with Crippen LogP contribution in [-0.2, 0) is 0 Å². The topological polar surface area (TPSA) is 116 Å². The zero-order valence-corrected chi connectivity index (χ0v) is 9.36. The number of nitrogens with two attached hydrogens (primary N) is 1. The van der Waals surface area contributed by atoms with Crippen molar-refractivity contribution in [3.05, 3.63) is 34.2 Å². The lowest BCUT2D eigenvalue weighted by atomic mass is 10.3. The number of carbonyl (C=O) groups excluding carboxylic acids is 1. The van der Waals surface area contributed by atoms with E-state index in [0.29, 0.717) is 11.1 Å². The van der Waals surface area contributed by atoms with Crippen LogP contribution in [0.3, 0.4) is 0 Å². The van der Waals surface area contributed by atoms with E-state index in [1.165, 1.54) is 17.5 Å². The number of thiophene rings is 1. The summed E-state index contributed by atoms with van der Waals surface area (Å²) in [6.07, 6.45) is 1.36. The highest BCUT2D eigenvalue weighted by molar-refractivity contribution is 7.08. The third-order valence-electron chi connectivity index (χ3n) is 2.04. The second-order valence-corrected chi connectivity index (χ2v) is 3.89. The molecule has 1 amide bonds. The lowest BCUT2D eigenvalue weighted by Crippen LogP contribution is -2.18. The van der Waals surface area contributed by atoms with Crippen molar-refractivity contribution >= 4 is 28.9 Å². The van der Waals surface area contributed by atoms with Crippen LogP contribution in [0, 0.1) is 0 Å². The van der Waals surface area contributed by atoms with Gasteiger partial charge in [0, 0.05) is 5.38 Å². The molecule has 7 nitrogen and oxygen atoms in total. The predicted octanol–water partition coefficient (Wildman–Crippen LogP) is 0.818. The van der Waals surface area contributed by atoms with Crippen LogP contribution in [-0.4, -0.2) is 27.1 Å². The van der Waals surface area contributed by atoms with Gasteiger partial charge in [-0.05, 0) is 11.4 Å². The van der Waals surface area contributed by atoms with Crippen molar-refractivity contribution in [3.8, 4) is 0 Å². The molecule has 0 aliphatic heterocycles. The Bertz CT molecular complexity index is 545. The summed E-state index contributed by atoms with van der Waals surface area (Å²) in [4.78, 5) is 11.7. The molecule has 8 heteroatoms. The van der Waals surface area contributed by atoms with E-state index in [2.05, 4.69) is 20.7 Å². The molecular formula is C9H9N5O2S. The Hall–Kier alpha value is -2.35. The van der Waals surface area contributed by atoms with Gasteiger partial charge in [-0.3, -0.25) is 9.89 Å². The highest BCUT2D eigenvalue weighted by atomic mass is 32.1. The summed E-state index contributed by atoms with van der Waals surface area (Å²) in [6, 6.07) is 1.69. The van der Waals surface area contributed by atoms with Crippen LogP contribution >= 0.6 is 11.3 Å². The molecule has 0 fully saturated rings. The van der Waals surface area contributed by atoms with Crippen LogP contribution in [0.2, 0.25) is 0 Å². The molecule has 0 saturated carbocycles. The average molecular weight is 251 g/mol. The van der Waals surface area contributed by atoms with Gasteiger partial charge in [-0.2, -0.15) is 16.4 Å². The molecule has 0 aliphatic rings. The monoisotopic (exact) mass is 251 g/mol. The summed E-state index contributed by atoms with van der Waals surface area (Å²) in [5, 5.41) is 23.8. The van der Waals surface area contributed by atoms with E-state index in [0.717, 1.165) is 0 Å². The molecule has 0 spiro atoms. The van der Waals surface area contributed by atoms with Crippen molar-refractivity contribution in [2.75, 3.05) is 5.32 Å². The molecule has 17 heavy (non-hydrogen) atoms. The Labute approximate surface area is 100.0 Å². The molecule has 2 aromatic heterocycles. The quantitative estimate of drug-likeness (QED) is 0.279. The van der Waals surface area contributed by atoms with Crippen molar-refractivity contribution in [2.24, 2.45) is 10.9 Å². The van der Waals surface area contributed by atoms with E-state index in [-0.39, 0.29) is 17.6 Å². The van der Waals surface area contributed by atoms with Crippen molar-refractivity contribution < 1.29 is 10.0 Å². The second kappa shape index (κ2) is 4.66. The van der Waals surface area contributed by atoms with Crippen LogP contribution < -0.4 is 11.1 Å². The van der Waals surface area contributed by atoms with E-state index in [1.807, 2.05) is 0 Å². The SMILES string of the molecule is N/C(=N\O)c1cn[nH]c1NC(=O)c1ccsc1. The number of oxime groups is 1. The van der Waals surface area contributed by atoms with E-state index in [4.69, 9.17) is 10.9 Å². The first kappa shape index (κ1) is 11.1. The number of aromatic nitrogens is 2. The minimum Gasteiger partial charge on any atom is -0.409 e. The van der Waals surface area contributed by atoms with Crippen LogP contribution in [0.15, 0.2) is 28.2 Å². The van der Waals surface area contributed by atoms with Crippen LogP contribution in [0.1, 0.15) is 15.9 Å². The van der Waals surface area contributed by atoms with Gasteiger partial charge in [-0.15, -0.1) is 0 Å². The van der Waals surface area contributed by atoms with Gasteiger partial charge in [0.15, 0.2) is 5.84 Å². The highest BCUT2D eigenvalue weighted by Crippen LogP contribution is 2.13. The molecule has 0 radical (unpaired) electrons. The molecule has 0 atom stereocenters. The van der Waals surface area contributed by atoms with Crippen molar-refractivity contribution in [1.29, 1.82) is 0 Å². The molecule has 0 saturated heterocycles. The number of H-pyrrole nitrogens is 1. The summed E-state index contributed by atoms with van der Waals surface area (Å²) >= 11 is 1.42. The Morgan fingerprint density at radius 2 is 2.47 bits per heavy atom. The fraction of sp³-hybridized carbons (Fsp3) is 0. The summed E-state index contributed by atoms with van der Waals surface area (Å²) in [7, 11) is 0. The molecule has 0 aliphatic carbocycles. The molecule has 0 unspecified atom stereocenters. The fourth-order valence-electron chi connectivity index (χ4n) is 1.21. The van der Waals surface area contributed by atoms with Crippen LogP contribution in [0.25, 0.3) is 0 Å². The maximum Gasteiger partial charge on any atom is 0.257 e. The summed E-state index contributed by atoms with van der Waals surface area (Å²) in [5.74, 6) is -0.127. The first-order valence-corrected chi connectivity index (χ1v) is 5.51. The number of aromatic amines is 1. The molecule has 2 heterocycles. The largest absolute Gasteiger partial charge is 0.409 e. The maximum absolute atomic E-state index is 11.7. The standard InChI is InChI=1S/C9H9N5O2S/c10-7(14-16)6-3-11-13-8(6)12-9(15)5-1-2-17-4-5/h1-4,16H,(H2,10,14)(H2,11,12,13,15). The molecule has 0 aromatic carbocycles. The Morgan fingerprint density at radius 3 is 3.12 bits per heavy atom. The number of hydrogen-bond donors (Lipinski definition) is 4. The summed E-state index contributed by atoms with van der Waals surface area (Å²) in [5.41, 5.74) is 6.29. The Balaban J connectivity index is 2.20. The van der Waals surface area contributed by atoms with Gasteiger partial charge < -0.3 is 16.3 Å². The van der Waals surface area contributed by atoms with Crippen molar-refractivity contribution in [2.45, 2.75) is 0 Å². The third-order valence-corrected chi connectivity index (χ3v) is 2.73.